The van der Waals surface area contributed by atoms with Gasteiger partial charge in [-0.1, -0.05) is 6.07 Å². The van der Waals surface area contributed by atoms with Crippen LogP contribution in [0.5, 0.6) is 17.2 Å². The van der Waals surface area contributed by atoms with Crippen molar-refractivity contribution in [2.75, 3.05) is 19.8 Å². The van der Waals surface area contributed by atoms with E-state index in [1.54, 1.807) is 18.2 Å². The van der Waals surface area contributed by atoms with Crippen LogP contribution in [0.2, 0.25) is 0 Å². The molecular formula is C18H19N3O6. The number of carbonyl (C=O) groups excluding carboxylic acids is 1. The summed E-state index contributed by atoms with van der Waals surface area (Å²) < 4.78 is 10.8. The summed E-state index contributed by atoms with van der Waals surface area (Å²) in [6.07, 6.45) is -0.941. The Bertz CT molecular complexity index is 963. The number of aromatic amines is 2. The van der Waals surface area contributed by atoms with Gasteiger partial charge in [-0.15, -0.1) is 0 Å². The second kappa shape index (κ2) is 8.28. The van der Waals surface area contributed by atoms with Crippen molar-refractivity contribution in [3.05, 3.63) is 52.9 Å². The highest BCUT2D eigenvalue weighted by Gasteiger charge is 2.11. The van der Waals surface area contributed by atoms with Crippen LogP contribution in [0.1, 0.15) is 0 Å². The normalized spacial score (nSPS) is 11.9. The first-order chi connectivity index (χ1) is 13.0. The Morgan fingerprint density at radius 2 is 1.89 bits per heavy atom. The van der Waals surface area contributed by atoms with Gasteiger partial charge in [0.15, 0.2) is 6.61 Å². The van der Waals surface area contributed by atoms with Gasteiger partial charge in [-0.3, -0.25) is 4.79 Å². The summed E-state index contributed by atoms with van der Waals surface area (Å²) in [5.74, 6) is 0.570. The fraction of sp³-hybridized carbons (Fsp3) is 0.222. The van der Waals surface area contributed by atoms with Crippen molar-refractivity contribution in [2.45, 2.75) is 6.10 Å². The standard InChI is InChI=1S/C18H19N3O6/c22-11-4-6-13(7-5-11)26-10-16(24)19-8-12(23)9-27-15-3-1-2-14-17(15)21-18(25)20-14/h1-7,12,22-23H,8-10H2,(H,19,24)(H2,20,21,25). The van der Waals surface area contributed by atoms with Crippen LogP contribution >= 0.6 is 0 Å². The minimum atomic E-state index is -0.941. The SMILES string of the molecule is O=C(COc1ccc(O)cc1)NCC(O)COc1cccc2[nH]c(=O)[nH]c12. The Kier molecular flexibility index (Phi) is 5.62. The molecule has 1 unspecified atom stereocenters. The molecule has 9 nitrogen and oxygen atoms in total. The Labute approximate surface area is 153 Å². The number of hydrogen-bond acceptors (Lipinski definition) is 6. The lowest BCUT2D eigenvalue weighted by molar-refractivity contribution is -0.123. The number of aromatic nitrogens is 2. The fourth-order valence-electron chi connectivity index (χ4n) is 2.37. The van der Waals surface area contributed by atoms with Gasteiger partial charge in [-0.05, 0) is 36.4 Å². The van der Waals surface area contributed by atoms with E-state index in [1.165, 1.54) is 24.3 Å². The average Bonchev–Trinajstić information content (AvgIpc) is 3.05. The van der Waals surface area contributed by atoms with Crippen LogP contribution in [-0.2, 0) is 4.79 Å². The number of carbonyl (C=O) groups is 1. The lowest BCUT2D eigenvalue weighted by Crippen LogP contribution is -2.37. The van der Waals surface area contributed by atoms with Gasteiger partial charge in [-0.2, -0.15) is 0 Å². The molecule has 0 saturated heterocycles. The van der Waals surface area contributed by atoms with Gasteiger partial charge in [0, 0.05) is 6.54 Å². The van der Waals surface area contributed by atoms with Gasteiger partial charge in [0.05, 0.1) is 5.52 Å². The van der Waals surface area contributed by atoms with Crippen molar-refractivity contribution < 1.29 is 24.5 Å². The fourth-order valence-corrected chi connectivity index (χ4v) is 2.37. The van der Waals surface area contributed by atoms with E-state index in [0.717, 1.165) is 0 Å². The van der Waals surface area contributed by atoms with Crippen LogP contribution in [0, 0.1) is 0 Å². The van der Waals surface area contributed by atoms with Crippen LogP contribution in [0.15, 0.2) is 47.3 Å². The summed E-state index contributed by atoms with van der Waals surface area (Å²) in [5, 5.41) is 21.7. The summed E-state index contributed by atoms with van der Waals surface area (Å²) in [6.45, 7) is -0.301. The van der Waals surface area contributed by atoms with E-state index in [1.807, 2.05) is 0 Å². The average molecular weight is 373 g/mol. The summed E-state index contributed by atoms with van der Waals surface area (Å²) in [4.78, 5) is 28.3. The first kappa shape index (κ1) is 18.3. The smallest absolute Gasteiger partial charge is 0.323 e. The molecule has 0 aliphatic rings. The van der Waals surface area contributed by atoms with Crippen LogP contribution < -0.4 is 20.5 Å². The van der Waals surface area contributed by atoms with E-state index >= 15 is 0 Å². The number of nitrogens with one attached hydrogen (secondary N) is 3. The molecule has 0 spiro atoms. The van der Waals surface area contributed by atoms with E-state index in [9.17, 15) is 19.8 Å². The van der Waals surface area contributed by atoms with E-state index < -0.39 is 12.0 Å². The third-order valence-corrected chi connectivity index (χ3v) is 3.69. The lowest BCUT2D eigenvalue weighted by Gasteiger charge is -2.14. The molecule has 9 heteroatoms. The van der Waals surface area contributed by atoms with Crippen LogP contribution in [0.3, 0.4) is 0 Å². The lowest BCUT2D eigenvalue weighted by atomic mass is 10.3. The molecule has 1 amide bonds. The number of amides is 1. The molecule has 0 saturated carbocycles. The van der Waals surface area contributed by atoms with Crippen molar-refractivity contribution in [3.63, 3.8) is 0 Å². The number of benzene rings is 2. The molecule has 0 fully saturated rings. The minimum absolute atomic E-state index is 0.0165. The highest BCUT2D eigenvalue weighted by molar-refractivity contribution is 5.81. The minimum Gasteiger partial charge on any atom is -0.508 e. The Balaban J connectivity index is 1.42. The molecule has 0 bridgehead atoms. The van der Waals surface area contributed by atoms with Gasteiger partial charge in [0.1, 0.15) is 35.5 Å². The number of para-hydroxylation sites is 1. The number of H-pyrrole nitrogens is 2. The summed E-state index contributed by atoms with van der Waals surface area (Å²) >= 11 is 0. The maximum absolute atomic E-state index is 11.8. The Morgan fingerprint density at radius 1 is 1.11 bits per heavy atom. The molecule has 3 aromatic rings. The zero-order chi connectivity index (χ0) is 19.2. The molecular weight excluding hydrogens is 354 g/mol. The molecule has 0 aliphatic carbocycles. The predicted octanol–water partition coefficient (Wildman–Crippen LogP) is 0.497. The molecule has 2 aromatic carbocycles. The van der Waals surface area contributed by atoms with E-state index in [-0.39, 0.29) is 31.2 Å². The molecule has 5 N–H and O–H groups in total. The van der Waals surface area contributed by atoms with Gasteiger partial charge in [-0.25, -0.2) is 4.79 Å². The van der Waals surface area contributed by atoms with Crippen LogP contribution in [-0.4, -0.2) is 52.0 Å². The van der Waals surface area contributed by atoms with E-state index in [4.69, 9.17) is 9.47 Å². The molecule has 142 valence electrons. The highest BCUT2D eigenvalue weighted by atomic mass is 16.5. The molecule has 1 atom stereocenters. The third-order valence-electron chi connectivity index (χ3n) is 3.69. The van der Waals surface area contributed by atoms with Crippen molar-refractivity contribution in [3.8, 4) is 17.2 Å². The summed E-state index contributed by atoms with van der Waals surface area (Å²) in [7, 11) is 0. The molecule has 0 aliphatic heterocycles. The Hall–Kier alpha value is -3.46. The summed E-state index contributed by atoms with van der Waals surface area (Å²) in [6, 6.07) is 11.1. The van der Waals surface area contributed by atoms with Gasteiger partial charge in [0.25, 0.3) is 5.91 Å². The van der Waals surface area contributed by atoms with Gasteiger partial charge >= 0.3 is 5.69 Å². The number of ether oxygens (including phenoxy) is 2. The first-order valence-electron chi connectivity index (χ1n) is 8.21. The zero-order valence-corrected chi connectivity index (χ0v) is 14.3. The predicted molar refractivity (Wildman–Crippen MR) is 97.0 cm³/mol. The number of phenolic OH excluding ortho intramolecular Hbond substituents is 1. The van der Waals surface area contributed by atoms with Crippen molar-refractivity contribution in [1.29, 1.82) is 0 Å². The zero-order valence-electron chi connectivity index (χ0n) is 14.3. The molecule has 3 rings (SSSR count). The van der Waals surface area contributed by atoms with Gasteiger partial charge in [0.2, 0.25) is 0 Å². The molecule has 0 radical (unpaired) electrons. The number of aliphatic hydroxyl groups excluding tert-OH is 1. The largest absolute Gasteiger partial charge is 0.508 e. The topological polar surface area (TPSA) is 137 Å². The number of hydrogen-bond donors (Lipinski definition) is 5. The third kappa shape index (κ3) is 5.02. The number of aromatic hydroxyl groups is 1. The van der Waals surface area contributed by atoms with E-state index in [2.05, 4.69) is 15.3 Å². The monoisotopic (exact) mass is 373 g/mol. The summed E-state index contributed by atoms with van der Waals surface area (Å²) in [5.41, 5.74) is 0.773. The molecule has 1 aromatic heterocycles. The number of aliphatic hydroxyl groups is 1. The van der Waals surface area contributed by atoms with Crippen molar-refractivity contribution in [2.24, 2.45) is 0 Å². The maximum atomic E-state index is 11.8. The molecule has 27 heavy (non-hydrogen) atoms. The van der Waals surface area contributed by atoms with Crippen LogP contribution in [0.25, 0.3) is 11.0 Å². The Morgan fingerprint density at radius 3 is 2.67 bits per heavy atom. The van der Waals surface area contributed by atoms with Crippen molar-refractivity contribution in [1.82, 2.24) is 15.3 Å². The number of fused-ring (bicyclic) bond motifs is 1. The quantitative estimate of drug-likeness (QED) is 0.390. The van der Waals surface area contributed by atoms with E-state index in [0.29, 0.717) is 22.5 Å². The number of phenols is 1. The second-order valence-electron chi connectivity index (χ2n) is 5.81. The maximum Gasteiger partial charge on any atom is 0.323 e. The second-order valence-corrected chi connectivity index (χ2v) is 5.81. The highest BCUT2D eigenvalue weighted by Crippen LogP contribution is 2.21. The molecule has 1 heterocycles. The first-order valence-corrected chi connectivity index (χ1v) is 8.21. The van der Waals surface area contributed by atoms with Crippen molar-refractivity contribution >= 4 is 16.9 Å². The van der Waals surface area contributed by atoms with Gasteiger partial charge < -0.3 is 35.0 Å². The van der Waals surface area contributed by atoms with Crippen LogP contribution in [0.4, 0.5) is 0 Å². The number of rotatable bonds is 8. The number of imidazole rings is 1.